The van der Waals surface area contributed by atoms with E-state index in [4.69, 9.17) is 10.7 Å². The second-order valence-electron chi connectivity index (χ2n) is 5.21. The van der Waals surface area contributed by atoms with E-state index < -0.39 is 9.05 Å². The van der Waals surface area contributed by atoms with Crippen molar-refractivity contribution in [3.63, 3.8) is 0 Å². The molecule has 0 spiro atoms. The van der Waals surface area contributed by atoms with Gasteiger partial charge in [0, 0.05) is 27.3 Å². The summed E-state index contributed by atoms with van der Waals surface area (Å²) in [7, 11) is 1.51. The van der Waals surface area contributed by atoms with E-state index in [0.29, 0.717) is 12.4 Å². The molecule has 0 aliphatic rings. The molecule has 2 rings (SSSR count). The normalized spacial score (nSPS) is 12.1. The van der Waals surface area contributed by atoms with Crippen LogP contribution in [0.5, 0.6) is 0 Å². The molecule has 0 amide bonds. The molecule has 0 radical (unpaired) electrons. The third-order valence-electron chi connectivity index (χ3n) is 2.91. The fraction of sp³-hybridized carbons (Fsp3) is 0.385. The second kappa shape index (κ2) is 6.06. The van der Waals surface area contributed by atoms with Crippen LogP contribution in [0.2, 0.25) is 0 Å². The van der Waals surface area contributed by atoms with Crippen molar-refractivity contribution in [3.8, 4) is 11.4 Å². The zero-order valence-electron chi connectivity index (χ0n) is 11.8. The Hall–Kier alpha value is -0.920. The van der Waals surface area contributed by atoms with Crippen molar-refractivity contribution in [2.45, 2.75) is 32.5 Å². The van der Waals surface area contributed by atoms with E-state index in [1.165, 1.54) is 0 Å². The van der Waals surface area contributed by atoms with Crippen molar-refractivity contribution >= 4 is 35.7 Å². The van der Waals surface area contributed by atoms with Gasteiger partial charge in [0.15, 0.2) is 5.82 Å². The number of aryl methyl sites for hydroxylation is 1. The molecule has 0 bridgehead atoms. The van der Waals surface area contributed by atoms with E-state index >= 15 is 0 Å². The quantitative estimate of drug-likeness (QED) is 0.746. The van der Waals surface area contributed by atoms with Gasteiger partial charge in [0.1, 0.15) is 0 Å². The van der Waals surface area contributed by atoms with Crippen LogP contribution in [0.4, 0.5) is 0 Å². The molecule has 0 saturated heterocycles. The molecule has 114 valence electrons. The topological polar surface area (TPSA) is 64.8 Å². The molecule has 0 unspecified atom stereocenters. The molecule has 1 aromatic carbocycles. The average molecular weight is 393 g/mol. The molecule has 5 nitrogen and oxygen atoms in total. The maximum atomic E-state index is 11.6. The fourth-order valence-corrected chi connectivity index (χ4v) is 3.23. The van der Waals surface area contributed by atoms with Crippen LogP contribution in [0.3, 0.4) is 0 Å². The summed E-state index contributed by atoms with van der Waals surface area (Å²) in [5.41, 5.74) is 1.87. The first kappa shape index (κ1) is 16.5. The lowest BCUT2D eigenvalue weighted by Crippen LogP contribution is -2.11. The van der Waals surface area contributed by atoms with E-state index in [9.17, 15) is 8.42 Å². The zero-order valence-corrected chi connectivity index (χ0v) is 15.0. The first-order valence-corrected chi connectivity index (χ1v) is 9.44. The minimum absolute atomic E-state index is 0.218. The molecular formula is C13H15BrClN3O2S. The molecule has 2 aromatic rings. The molecule has 0 aliphatic carbocycles. The molecule has 0 fully saturated rings. The summed E-state index contributed by atoms with van der Waals surface area (Å²) in [6, 6.07) is 5.70. The molecule has 0 atom stereocenters. The average Bonchev–Trinajstić information content (AvgIpc) is 2.75. The van der Waals surface area contributed by atoms with Crippen molar-refractivity contribution in [3.05, 3.63) is 28.2 Å². The number of aromatic nitrogens is 3. The Morgan fingerprint density at radius 3 is 2.52 bits per heavy atom. The first-order chi connectivity index (χ1) is 9.70. The van der Waals surface area contributed by atoms with Crippen molar-refractivity contribution in [1.29, 1.82) is 0 Å². The number of hydrogen-bond donors (Lipinski definition) is 0. The Kier molecular flexibility index (Phi) is 4.75. The van der Waals surface area contributed by atoms with Gasteiger partial charge in [0.05, 0.1) is 0 Å². The highest BCUT2D eigenvalue weighted by molar-refractivity contribution is 9.10. The second-order valence-corrected chi connectivity index (χ2v) is 8.53. The lowest BCUT2D eigenvalue weighted by molar-refractivity contribution is 0.488. The van der Waals surface area contributed by atoms with E-state index in [1.807, 2.05) is 39.0 Å². The highest BCUT2D eigenvalue weighted by Gasteiger charge is 2.24. The molecular weight excluding hydrogens is 378 g/mol. The third kappa shape index (κ3) is 3.64. The summed E-state index contributed by atoms with van der Waals surface area (Å²) in [6.45, 7) is 6.41. The predicted molar refractivity (Wildman–Crippen MR) is 85.8 cm³/mol. The first-order valence-electron chi connectivity index (χ1n) is 6.34. The van der Waals surface area contributed by atoms with E-state index in [-0.39, 0.29) is 11.1 Å². The summed E-state index contributed by atoms with van der Waals surface area (Å²) >= 11 is 3.46. The Bertz CT molecular complexity index is 772. The lowest BCUT2D eigenvalue weighted by atomic mass is 10.1. The molecule has 8 heteroatoms. The van der Waals surface area contributed by atoms with Crippen LogP contribution in [-0.4, -0.2) is 23.2 Å². The zero-order chi connectivity index (χ0) is 15.8. The summed E-state index contributed by atoms with van der Waals surface area (Å²) in [5, 5.41) is 7.53. The van der Waals surface area contributed by atoms with Crippen molar-refractivity contribution in [2.75, 3.05) is 0 Å². The number of halogens is 2. The molecule has 1 heterocycles. The van der Waals surface area contributed by atoms with Crippen LogP contribution < -0.4 is 0 Å². The molecule has 21 heavy (non-hydrogen) atoms. The maximum Gasteiger partial charge on any atom is 0.296 e. The van der Waals surface area contributed by atoms with Gasteiger partial charge in [-0.2, -0.15) is 0 Å². The van der Waals surface area contributed by atoms with Crippen LogP contribution >= 0.6 is 26.6 Å². The monoisotopic (exact) mass is 391 g/mol. The number of benzene rings is 1. The van der Waals surface area contributed by atoms with Crippen molar-refractivity contribution < 1.29 is 8.42 Å². The van der Waals surface area contributed by atoms with Crippen LogP contribution in [0.15, 0.2) is 27.8 Å². The van der Waals surface area contributed by atoms with Crippen molar-refractivity contribution in [1.82, 2.24) is 14.8 Å². The van der Waals surface area contributed by atoms with Gasteiger partial charge < -0.3 is 0 Å². The van der Waals surface area contributed by atoms with Gasteiger partial charge in [-0.1, -0.05) is 41.9 Å². The van der Waals surface area contributed by atoms with Gasteiger partial charge in [-0.05, 0) is 24.5 Å². The summed E-state index contributed by atoms with van der Waals surface area (Å²) < 4.78 is 25.7. The van der Waals surface area contributed by atoms with Crippen LogP contribution in [-0.2, 0) is 15.6 Å². The number of rotatable bonds is 4. The van der Waals surface area contributed by atoms with E-state index in [0.717, 1.165) is 15.6 Å². The maximum absolute atomic E-state index is 11.6. The van der Waals surface area contributed by atoms with Gasteiger partial charge >= 0.3 is 0 Å². The minimum atomic E-state index is -3.93. The van der Waals surface area contributed by atoms with Crippen molar-refractivity contribution in [2.24, 2.45) is 5.92 Å². The fourth-order valence-electron chi connectivity index (χ4n) is 1.94. The predicted octanol–water partition coefficient (Wildman–Crippen LogP) is 3.60. The molecule has 0 N–H and O–H groups in total. The highest BCUT2D eigenvalue weighted by Crippen LogP contribution is 2.27. The third-order valence-corrected chi connectivity index (χ3v) is 4.92. The number of hydrogen-bond acceptors (Lipinski definition) is 4. The summed E-state index contributed by atoms with van der Waals surface area (Å²) in [4.78, 5) is 0. The molecule has 1 aromatic heterocycles. The Balaban J connectivity index is 2.63. The van der Waals surface area contributed by atoms with Crippen LogP contribution in [0.25, 0.3) is 11.4 Å². The van der Waals surface area contributed by atoms with Crippen LogP contribution in [0.1, 0.15) is 19.4 Å². The van der Waals surface area contributed by atoms with E-state index in [1.54, 1.807) is 4.57 Å². The Morgan fingerprint density at radius 1 is 1.33 bits per heavy atom. The summed E-state index contributed by atoms with van der Waals surface area (Å²) in [5.74, 6) is 0.717. The van der Waals surface area contributed by atoms with Gasteiger partial charge in [0.25, 0.3) is 14.2 Å². The molecule has 0 saturated carbocycles. The minimum Gasteiger partial charge on any atom is -0.297 e. The number of nitrogens with zero attached hydrogens (tertiary/aromatic N) is 3. The smallest absolute Gasteiger partial charge is 0.296 e. The van der Waals surface area contributed by atoms with Gasteiger partial charge in [0.2, 0.25) is 0 Å². The molecule has 0 aliphatic heterocycles. The van der Waals surface area contributed by atoms with Gasteiger partial charge in [-0.25, -0.2) is 8.42 Å². The van der Waals surface area contributed by atoms with Gasteiger partial charge in [-0.3, -0.25) is 4.57 Å². The lowest BCUT2D eigenvalue weighted by Gasteiger charge is -2.12. The van der Waals surface area contributed by atoms with Crippen LogP contribution in [0, 0.1) is 12.8 Å². The van der Waals surface area contributed by atoms with E-state index in [2.05, 4.69) is 26.1 Å². The standard InChI is InChI=1S/C13H15BrClN3O2S/c1-8(2)7-18-12(16-17-13(18)21(15,19)20)10-5-4-9(3)11(14)6-10/h4-6,8H,7H2,1-3H3. The largest absolute Gasteiger partial charge is 0.297 e. The summed E-state index contributed by atoms with van der Waals surface area (Å²) in [6.07, 6.45) is 0. The van der Waals surface area contributed by atoms with Gasteiger partial charge in [-0.15, -0.1) is 10.2 Å². The Labute approximate surface area is 136 Å². The highest BCUT2D eigenvalue weighted by atomic mass is 79.9. The SMILES string of the molecule is Cc1ccc(-c2nnc(S(=O)(=O)Cl)n2CC(C)C)cc1Br. The Morgan fingerprint density at radius 2 is 2.00 bits per heavy atom.